The molecule has 0 spiro atoms. The van der Waals surface area contributed by atoms with E-state index >= 15 is 0 Å². The predicted octanol–water partition coefficient (Wildman–Crippen LogP) is 5.73. The summed E-state index contributed by atoms with van der Waals surface area (Å²) in [5, 5.41) is 36.6. The summed E-state index contributed by atoms with van der Waals surface area (Å²) in [6.07, 6.45) is 5.52. The molecule has 254 valence electrons. The average molecular weight is 648 g/mol. The molecule has 0 aromatic heterocycles. The van der Waals surface area contributed by atoms with Crippen molar-refractivity contribution >= 4 is 17.9 Å². The lowest BCUT2D eigenvalue weighted by Gasteiger charge is -2.34. The van der Waals surface area contributed by atoms with Gasteiger partial charge in [0.2, 0.25) is 0 Å². The van der Waals surface area contributed by atoms with Gasteiger partial charge in [-0.25, -0.2) is 14.4 Å². The molecule has 0 unspecified atom stereocenters. The molecular weight excluding hydrogens is 598 g/mol. The molecule has 2 aliphatic carbocycles. The van der Waals surface area contributed by atoms with E-state index in [1.807, 2.05) is 33.8 Å². The number of allylic oxidation sites excluding steroid dienone is 6. The third kappa shape index (κ3) is 10.7. The maximum absolute atomic E-state index is 12.8. The van der Waals surface area contributed by atoms with Crippen LogP contribution in [0.4, 0.5) is 0 Å². The van der Waals surface area contributed by atoms with Crippen molar-refractivity contribution in [2.45, 2.75) is 99.8 Å². The number of nitriles is 3. The molecule has 0 bridgehead atoms. The Balaban J connectivity index is 2.08. The largest absolute Gasteiger partial charge is 0.462 e. The van der Waals surface area contributed by atoms with Crippen LogP contribution < -0.4 is 10.6 Å². The molecule has 0 radical (unpaired) electrons. The maximum Gasteiger partial charge on any atom is 0.349 e. The van der Waals surface area contributed by atoms with Gasteiger partial charge < -0.3 is 24.8 Å². The van der Waals surface area contributed by atoms with Gasteiger partial charge in [-0.1, -0.05) is 40.5 Å². The highest BCUT2D eigenvalue weighted by atomic mass is 16.6. The Labute approximate surface area is 279 Å². The molecule has 0 atom stereocenters. The minimum atomic E-state index is -0.787. The van der Waals surface area contributed by atoms with Crippen molar-refractivity contribution in [1.29, 1.82) is 15.8 Å². The van der Waals surface area contributed by atoms with Crippen molar-refractivity contribution in [3.05, 3.63) is 44.8 Å². The van der Waals surface area contributed by atoms with Crippen LogP contribution in [0.2, 0.25) is 0 Å². The van der Waals surface area contributed by atoms with Crippen LogP contribution in [0.1, 0.15) is 99.8 Å². The van der Waals surface area contributed by atoms with Crippen LogP contribution in [-0.4, -0.2) is 50.8 Å². The summed E-state index contributed by atoms with van der Waals surface area (Å²) < 4.78 is 15.4. The number of nitrogens with zero attached hydrogens (tertiary/aromatic N) is 3. The summed E-state index contributed by atoms with van der Waals surface area (Å²) in [7, 11) is 0. The number of ether oxygens (including phenoxy) is 3. The first-order valence-electron chi connectivity index (χ1n) is 16.4. The Bertz CT molecular complexity index is 1440. The van der Waals surface area contributed by atoms with Gasteiger partial charge in [0.05, 0.1) is 31.0 Å². The lowest BCUT2D eigenvalue weighted by Crippen LogP contribution is -2.31. The van der Waals surface area contributed by atoms with Gasteiger partial charge in [0.15, 0.2) is 0 Å². The number of esters is 3. The van der Waals surface area contributed by atoms with E-state index in [0.29, 0.717) is 61.2 Å². The summed E-state index contributed by atoms with van der Waals surface area (Å²) >= 11 is 0. The first kappa shape index (κ1) is 38.6. The van der Waals surface area contributed by atoms with Crippen LogP contribution in [-0.2, 0) is 28.6 Å². The fourth-order valence-corrected chi connectivity index (χ4v) is 6.01. The average Bonchev–Trinajstić information content (AvgIpc) is 2.98. The van der Waals surface area contributed by atoms with Gasteiger partial charge >= 0.3 is 17.9 Å². The Kier molecular flexibility index (Phi) is 14.8. The minimum absolute atomic E-state index is 0.0927. The first-order valence-corrected chi connectivity index (χ1v) is 16.4. The zero-order valence-corrected chi connectivity index (χ0v) is 29.0. The zero-order valence-electron chi connectivity index (χ0n) is 29.0. The molecule has 0 saturated carbocycles. The predicted molar refractivity (Wildman–Crippen MR) is 175 cm³/mol. The molecule has 0 heterocycles. The summed E-state index contributed by atoms with van der Waals surface area (Å²) in [5.74, 6) is -2.28. The highest BCUT2D eigenvalue weighted by Gasteiger charge is 2.37. The van der Waals surface area contributed by atoms with E-state index in [4.69, 9.17) is 14.2 Å². The quantitative estimate of drug-likeness (QED) is 0.0423. The Morgan fingerprint density at radius 2 is 1.04 bits per heavy atom. The number of carbonyl (C=O) groups is 3. The van der Waals surface area contributed by atoms with Gasteiger partial charge in [-0.2, -0.15) is 15.8 Å². The molecule has 2 rings (SSSR count). The van der Waals surface area contributed by atoms with E-state index in [9.17, 15) is 30.2 Å². The standard InChI is InChI=1S/C36H49N5O6/c1-8-45-32(42)28(23-39)24-17-35(4,5)19-29(26(24)21-37)40-15-13-11-12-14-16-41-30-20-36(6,7)18-25(27(30)22-38)31(33(43)46-9-2)34(44)47-10-3/h40-41H,8-20H2,1-7H3/b28-24+. The van der Waals surface area contributed by atoms with Crippen LogP contribution in [0.5, 0.6) is 0 Å². The van der Waals surface area contributed by atoms with Crippen molar-refractivity contribution in [2.75, 3.05) is 32.9 Å². The molecule has 0 fully saturated rings. The van der Waals surface area contributed by atoms with Gasteiger partial charge in [0, 0.05) is 24.5 Å². The second kappa shape index (κ2) is 18.0. The Morgan fingerprint density at radius 3 is 1.45 bits per heavy atom. The molecule has 0 saturated heterocycles. The molecule has 2 N–H and O–H groups in total. The topological polar surface area (TPSA) is 174 Å². The fourth-order valence-electron chi connectivity index (χ4n) is 6.01. The van der Waals surface area contributed by atoms with Crippen molar-refractivity contribution in [3.63, 3.8) is 0 Å². The molecule has 0 amide bonds. The molecule has 0 aliphatic heterocycles. The van der Waals surface area contributed by atoms with Gasteiger partial charge in [-0.05, 0) is 81.3 Å². The van der Waals surface area contributed by atoms with E-state index in [1.165, 1.54) is 0 Å². The van der Waals surface area contributed by atoms with Gasteiger partial charge in [-0.15, -0.1) is 0 Å². The Morgan fingerprint density at radius 1 is 0.638 bits per heavy atom. The summed E-state index contributed by atoms with van der Waals surface area (Å²) in [6, 6.07) is 6.39. The molecule has 0 aromatic rings. The van der Waals surface area contributed by atoms with E-state index < -0.39 is 17.9 Å². The van der Waals surface area contributed by atoms with Crippen LogP contribution in [0.3, 0.4) is 0 Å². The van der Waals surface area contributed by atoms with Crippen LogP contribution in [0.15, 0.2) is 44.8 Å². The second-order valence-electron chi connectivity index (χ2n) is 13.2. The highest BCUT2D eigenvalue weighted by molar-refractivity contribution is 6.15. The van der Waals surface area contributed by atoms with Crippen molar-refractivity contribution in [3.8, 4) is 18.2 Å². The van der Waals surface area contributed by atoms with E-state index in [1.54, 1.807) is 20.8 Å². The number of hydrogen-bond acceptors (Lipinski definition) is 11. The zero-order chi connectivity index (χ0) is 35.2. The third-order valence-corrected chi connectivity index (χ3v) is 7.99. The molecule has 11 heteroatoms. The molecule has 11 nitrogen and oxygen atoms in total. The van der Waals surface area contributed by atoms with E-state index in [-0.39, 0.29) is 47.4 Å². The SMILES string of the molecule is CCOC(=O)C(C(=O)OCC)=C1CC(C)(C)CC(NCCCCCCNC2=C(C#N)/C(=C(\C#N)C(=O)OCC)CC(C)(C)C2)=C1C#N. The van der Waals surface area contributed by atoms with Crippen LogP contribution >= 0.6 is 0 Å². The van der Waals surface area contributed by atoms with Gasteiger partial charge in [0.1, 0.15) is 29.4 Å². The van der Waals surface area contributed by atoms with E-state index in [2.05, 4.69) is 22.8 Å². The molecule has 0 aromatic carbocycles. The van der Waals surface area contributed by atoms with Crippen molar-refractivity contribution in [1.82, 2.24) is 10.6 Å². The lowest BCUT2D eigenvalue weighted by molar-refractivity contribution is -0.146. The van der Waals surface area contributed by atoms with Gasteiger partial charge in [0.25, 0.3) is 0 Å². The third-order valence-electron chi connectivity index (χ3n) is 7.99. The van der Waals surface area contributed by atoms with Gasteiger partial charge in [-0.3, -0.25) is 0 Å². The first-order chi connectivity index (χ1) is 22.3. The second-order valence-corrected chi connectivity index (χ2v) is 13.2. The molecular formula is C36H49N5O6. The maximum atomic E-state index is 12.8. The van der Waals surface area contributed by atoms with E-state index in [0.717, 1.165) is 31.4 Å². The molecule has 2 aliphatic rings. The summed E-state index contributed by atoms with van der Waals surface area (Å²) in [6.45, 7) is 14.7. The smallest absolute Gasteiger partial charge is 0.349 e. The van der Waals surface area contributed by atoms with Crippen molar-refractivity contribution in [2.24, 2.45) is 10.8 Å². The number of unbranched alkanes of at least 4 members (excludes halogenated alkanes) is 3. The Hall–Kier alpha value is -4.56. The fraction of sp³-hybridized carbons (Fsp3) is 0.611. The normalized spacial score (nSPS) is 17.8. The number of rotatable bonds is 15. The van der Waals surface area contributed by atoms with Crippen molar-refractivity contribution < 1.29 is 28.6 Å². The van der Waals surface area contributed by atoms with Crippen LogP contribution in [0.25, 0.3) is 0 Å². The lowest BCUT2D eigenvalue weighted by atomic mass is 9.72. The highest BCUT2D eigenvalue weighted by Crippen LogP contribution is 2.43. The van der Waals surface area contributed by atoms with Crippen LogP contribution in [0, 0.1) is 44.8 Å². The monoisotopic (exact) mass is 647 g/mol. The minimum Gasteiger partial charge on any atom is -0.462 e. The number of hydrogen-bond donors (Lipinski definition) is 2. The summed E-state index contributed by atoms with van der Waals surface area (Å²) in [5.41, 5.74) is 1.98. The number of carbonyl (C=O) groups excluding carboxylic acids is 3. The summed E-state index contributed by atoms with van der Waals surface area (Å²) in [4.78, 5) is 38.1. The molecule has 47 heavy (non-hydrogen) atoms. The number of nitrogens with one attached hydrogen (secondary N) is 2.